The van der Waals surface area contributed by atoms with Crippen LogP contribution in [0.1, 0.15) is 51.4 Å². The van der Waals surface area contributed by atoms with Crippen molar-refractivity contribution in [3.05, 3.63) is 106 Å². The molecule has 0 atom stereocenters. The first-order valence-electron chi connectivity index (χ1n) is 10.6. The number of hydrogen-bond donors (Lipinski definition) is 1. The van der Waals surface area contributed by atoms with Gasteiger partial charge in [0, 0.05) is 36.3 Å². The lowest BCUT2D eigenvalue weighted by molar-refractivity contribution is 0.0713. The van der Waals surface area contributed by atoms with Gasteiger partial charge in [-0.15, -0.1) is 0 Å². The van der Waals surface area contributed by atoms with Crippen LogP contribution in [-0.2, 0) is 6.54 Å². The minimum atomic E-state index is 0.0653. The Balaban J connectivity index is 1.43. The maximum absolute atomic E-state index is 13.1. The van der Waals surface area contributed by atoms with Crippen LogP contribution in [0.15, 0.2) is 72.8 Å². The maximum atomic E-state index is 13.1. The van der Waals surface area contributed by atoms with Crippen LogP contribution in [0.4, 0.5) is 0 Å². The molecule has 1 fully saturated rings. The van der Waals surface area contributed by atoms with Crippen molar-refractivity contribution in [2.24, 2.45) is 5.73 Å². The smallest absolute Gasteiger partial charge is 0.253 e. The van der Waals surface area contributed by atoms with E-state index in [4.69, 9.17) is 17.3 Å². The molecule has 4 heteroatoms. The van der Waals surface area contributed by atoms with E-state index in [2.05, 4.69) is 36.1 Å². The summed E-state index contributed by atoms with van der Waals surface area (Å²) in [7, 11) is 0. The molecule has 3 aromatic rings. The zero-order valence-electron chi connectivity index (χ0n) is 17.4. The van der Waals surface area contributed by atoms with E-state index < -0.39 is 0 Å². The highest BCUT2D eigenvalue weighted by Gasteiger charge is 2.24. The predicted molar refractivity (Wildman–Crippen MR) is 126 cm³/mol. The Morgan fingerprint density at radius 3 is 2.52 bits per heavy atom. The van der Waals surface area contributed by atoms with Gasteiger partial charge in [0.2, 0.25) is 0 Å². The Bertz CT molecular complexity index is 1140. The number of benzene rings is 3. The van der Waals surface area contributed by atoms with Gasteiger partial charge < -0.3 is 10.6 Å². The number of hydrogen-bond acceptors (Lipinski definition) is 2. The van der Waals surface area contributed by atoms with Gasteiger partial charge in [-0.2, -0.15) is 0 Å². The van der Waals surface area contributed by atoms with Crippen molar-refractivity contribution >= 4 is 17.5 Å². The van der Waals surface area contributed by atoms with Crippen LogP contribution in [0.2, 0.25) is 5.02 Å². The van der Waals surface area contributed by atoms with Crippen molar-refractivity contribution in [3.63, 3.8) is 0 Å². The fourth-order valence-corrected chi connectivity index (χ4v) is 4.19. The van der Waals surface area contributed by atoms with Gasteiger partial charge in [0.25, 0.3) is 5.91 Å². The molecule has 4 rings (SSSR count). The molecule has 0 unspecified atom stereocenters. The highest BCUT2D eigenvalue weighted by atomic mass is 35.5. The number of likely N-dealkylation sites (tertiary alicyclic amines) is 1. The molecule has 1 aliphatic heterocycles. The number of carbonyl (C=O) groups is 1. The lowest BCUT2D eigenvalue weighted by atomic mass is 9.88. The third-order valence-corrected chi connectivity index (χ3v) is 6.09. The van der Waals surface area contributed by atoms with Crippen molar-refractivity contribution in [2.45, 2.75) is 25.3 Å². The van der Waals surface area contributed by atoms with Crippen LogP contribution in [-0.4, -0.2) is 23.9 Å². The average Bonchev–Trinajstić information content (AvgIpc) is 2.83. The molecule has 0 spiro atoms. The maximum Gasteiger partial charge on any atom is 0.253 e. The van der Waals surface area contributed by atoms with Crippen LogP contribution in [0, 0.1) is 11.8 Å². The molecule has 1 saturated heterocycles. The number of carbonyl (C=O) groups excluding carboxylic acids is 1. The molecule has 3 aromatic carbocycles. The van der Waals surface area contributed by atoms with Crippen LogP contribution in [0.3, 0.4) is 0 Å². The summed E-state index contributed by atoms with van der Waals surface area (Å²) in [5, 5.41) is 0.627. The Hall–Kier alpha value is -3.06. The summed E-state index contributed by atoms with van der Waals surface area (Å²) in [6.07, 6.45) is 1.93. The summed E-state index contributed by atoms with van der Waals surface area (Å²) in [4.78, 5) is 15.0. The zero-order chi connectivity index (χ0) is 21.6. The number of piperidine rings is 1. The fourth-order valence-electron chi connectivity index (χ4n) is 4.00. The second kappa shape index (κ2) is 9.83. The summed E-state index contributed by atoms with van der Waals surface area (Å²) in [6.45, 7) is 2.07. The average molecular weight is 429 g/mol. The molecule has 31 heavy (non-hydrogen) atoms. The van der Waals surface area contributed by atoms with Crippen molar-refractivity contribution in [1.82, 2.24) is 4.90 Å². The van der Waals surface area contributed by atoms with Gasteiger partial charge in [-0.25, -0.2) is 0 Å². The minimum Gasteiger partial charge on any atom is -0.339 e. The van der Waals surface area contributed by atoms with Gasteiger partial charge >= 0.3 is 0 Å². The van der Waals surface area contributed by atoms with Gasteiger partial charge in [-0.1, -0.05) is 65.9 Å². The molecule has 0 aromatic heterocycles. The quantitative estimate of drug-likeness (QED) is 0.581. The summed E-state index contributed by atoms with van der Waals surface area (Å²) in [6, 6.07) is 23.5. The van der Waals surface area contributed by atoms with Gasteiger partial charge in [-0.05, 0) is 60.2 Å². The van der Waals surface area contributed by atoms with Crippen LogP contribution in [0.25, 0.3) is 0 Å². The molecule has 1 aliphatic rings. The Labute approximate surface area is 188 Å². The standard InChI is InChI=1S/C27H25ClN2O/c28-26-10-2-1-7-23(26)12-11-20-5-3-9-25(17-20)27(31)30-15-13-22(14-16-30)24-8-4-6-21(18-24)19-29/h1-10,17-18,22H,13-16,19,29H2. The fraction of sp³-hybridized carbons (Fsp3) is 0.222. The number of amides is 1. The lowest BCUT2D eigenvalue weighted by Crippen LogP contribution is -2.37. The number of halogens is 1. The van der Waals surface area contributed by atoms with Crippen molar-refractivity contribution in [3.8, 4) is 11.8 Å². The number of nitrogens with zero attached hydrogens (tertiary/aromatic N) is 1. The highest BCUT2D eigenvalue weighted by molar-refractivity contribution is 6.31. The summed E-state index contributed by atoms with van der Waals surface area (Å²) < 4.78 is 0. The third kappa shape index (κ3) is 5.17. The molecule has 0 saturated carbocycles. The molecule has 2 N–H and O–H groups in total. The minimum absolute atomic E-state index is 0.0653. The van der Waals surface area contributed by atoms with E-state index in [1.807, 2.05) is 53.4 Å². The van der Waals surface area contributed by atoms with Crippen molar-refractivity contribution in [2.75, 3.05) is 13.1 Å². The van der Waals surface area contributed by atoms with Gasteiger partial charge in [-0.3, -0.25) is 4.79 Å². The summed E-state index contributed by atoms with van der Waals surface area (Å²) >= 11 is 6.18. The van der Waals surface area contributed by atoms with E-state index in [9.17, 15) is 4.79 Å². The number of nitrogens with two attached hydrogens (primary N) is 1. The first kappa shape index (κ1) is 21.2. The lowest BCUT2D eigenvalue weighted by Gasteiger charge is -2.32. The third-order valence-electron chi connectivity index (χ3n) is 5.77. The van der Waals surface area contributed by atoms with E-state index in [0.717, 1.165) is 42.6 Å². The molecular formula is C27H25ClN2O. The van der Waals surface area contributed by atoms with E-state index >= 15 is 0 Å². The van der Waals surface area contributed by atoms with E-state index in [-0.39, 0.29) is 5.91 Å². The molecule has 0 radical (unpaired) electrons. The summed E-state index contributed by atoms with van der Waals surface area (Å²) in [5.74, 6) is 6.76. The SMILES string of the molecule is NCc1cccc(C2CCN(C(=O)c3cccc(C#Cc4ccccc4Cl)c3)CC2)c1. The van der Waals surface area contributed by atoms with E-state index in [1.165, 1.54) is 5.56 Å². The number of rotatable bonds is 3. The van der Waals surface area contributed by atoms with Crippen LogP contribution in [0.5, 0.6) is 0 Å². The molecule has 0 bridgehead atoms. The Kier molecular flexibility index (Phi) is 6.72. The molecule has 3 nitrogen and oxygen atoms in total. The van der Waals surface area contributed by atoms with Crippen LogP contribution >= 0.6 is 11.6 Å². The van der Waals surface area contributed by atoms with Crippen LogP contribution < -0.4 is 5.73 Å². The normalized spacial score (nSPS) is 14.1. The highest BCUT2D eigenvalue weighted by Crippen LogP contribution is 2.29. The Morgan fingerprint density at radius 1 is 0.968 bits per heavy atom. The van der Waals surface area contributed by atoms with Crippen molar-refractivity contribution < 1.29 is 4.79 Å². The first-order valence-corrected chi connectivity index (χ1v) is 11.0. The molecular weight excluding hydrogens is 404 g/mol. The molecule has 1 heterocycles. The molecule has 156 valence electrons. The monoisotopic (exact) mass is 428 g/mol. The van der Waals surface area contributed by atoms with Gasteiger partial charge in [0.15, 0.2) is 0 Å². The molecule has 1 amide bonds. The van der Waals surface area contributed by atoms with E-state index in [0.29, 0.717) is 23.0 Å². The predicted octanol–water partition coefficient (Wildman–Crippen LogP) is 5.22. The zero-order valence-corrected chi connectivity index (χ0v) is 18.1. The van der Waals surface area contributed by atoms with Crippen molar-refractivity contribution in [1.29, 1.82) is 0 Å². The summed E-state index contributed by atoms with van der Waals surface area (Å²) in [5.41, 5.74) is 10.5. The largest absolute Gasteiger partial charge is 0.339 e. The topological polar surface area (TPSA) is 46.3 Å². The Morgan fingerprint density at radius 2 is 1.74 bits per heavy atom. The first-order chi connectivity index (χ1) is 15.1. The molecule has 0 aliphatic carbocycles. The van der Waals surface area contributed by atoms with E-state index in [1.54, 1.807) is 0 Å². The van der Waals surface area contributed by atoms with Gasteiger partial charge in [0.1, 0.15) is 0 Å². The van der Waals surface area contributed by atoms with Gasteiger partial charge in [0.05, 0.1) is 5.02 Å². The second-order valence-electron chi connectivity index (χ2n) is 7.83. The second-order valence-corrected chi connectivity index (χ2v) is 8.23.